The van der Waals surface area contributed by atoms with Crippen LogP contribution in [0.3, 0.4) is 0 Å². The molecule has 22 heavy (non-hydrogen) atoms. The first-order chi connectivity index (χ1) is 10.5. The normalized spacial score (nSPS) is 10.6. The van der Waals surface area contributed by atoms with Crippen LogP contribution in [0.5, 0.6) is 0 Å². The molecule has 0 atom stereocenters. The second-order valence-corrected chi connectivity index (χ2v) is 8.51. The average molecular weight is 403 g/mol. The van der Waals surface area contributed by atoms with E-state index in [9.17, 15) is 0 Å². The van der Waals surface area contributed by atoms with E-state index in [-0.39, 0.29) is 0 Å². The standard InChI is InChI=1S/2C7H4ClNS2/c2*8-4-2-1-3-5-6(4)9-7(10)11-5/h2*1-3H,(H,9,10). The third-order valence-corrected chi connectivity index (χ3v) is 5.84. The number of halogens is 2. The van der Waals surface area contributed by atoms with Gasteiger partial charge in [-0.25, -0.2) is 0 Å². The minimum Gasteiger partial charge on any atom is -0.336 e. The van der Waals surface area contributed by atoms with Gasteiger partial charge in [-0.2, -0.15) is 0 Å². The Bertz CT molecular complexity index is 972. The SMILES string of the molecule is S=c1[nH]c2c(Cl)cccc2s1.S=c1[nH]c2c(Cl)cccc2s1. The van der Waals surface area contributed by atoms with Gasteiger partial charge in [-0.3, -0.25) is 0 Å². The number of benzene rings is 2. The molecular weight excluding hydrogens is 395 g/mol. The van der Waals surface area contributed by atoms with E-state index in [4.69, 9.17) is 47.6 Å². The lowest BCUT2D eigenvalue weighted by atomic mass is 10.3. The van der Waals surface area contributed by atoms with Crippen LogP contribution >= 0.6 is 70.3 Å². The Morgan fingerprint density at radius 3 is 1.50 bits per heavy atom. The summed E-state index contributed by atoms with van der Waals surface area (Å²) in [5.74, 6) is 0. The van der Waals surface area contributed by atoms with Gasteiger partial charge in [0.15, 0.2) is 7.91 Å². The van der Waals surface area contributed by atoms with Crippen molar-refractivity contribution in [3.05, 3.63) is 54.4 Å². The molecule has 0 radical (unpaired) electrons. The molecule has 0 unspecified atom stereocenters. The van der Waals surface area contributed by atoms with Gasteiger partial charge < -0.3 is 9.97 Å². The lowest BCUT2D eigenvalue weighted by Gasteiger charge is -1.89. The van der Waals surface area contributed by atoms with Crippen LogP contribution in [0.2, 0.25) is 10.0 Å². The molecule has 0 saturated heterocycles. The Labute approximate surface area is 154 Å². The van der Waals surface area contributed by atoms with E-state index in [0.717, 1.165) is 38.4 Å². The van der Waals surface area contributed by atoms with Crippen LogP contribution in [0.4, 0.5) is 0 Å². The van der Waals surface area contributed by atoms with Gasteiger partial charge in [0, 0.05) is 0 Å². The quantitative estimate of drug-likeness (QED) is 0.304. The number of hydrogen-bond donors (Lipinski definition) is 2. The molecule has 2 heterocycles. The molecule has 2 aromatic carbocycles. The van der Waals surface area contributed by atoms with E-state index in [2.05, 4.69) is 9.97 Å². The first-order valence-electron chi connectivity index (χ1n) is 6.09. The number of fused-ring (bicyclic) bond motifs is 2. The summed E-state index contributed by atoms with van der Waals surface area (Å²) >= 11 is 24.8. The van der Waals surface area contributed by atoms with Crippen molar-refractivity contribution in [1.82, 2.24) is 9.97 Å². The summed E-state index contributed by atoms with van der Waals surface area (Å²) in [5.41, 5.74) is 1.90. The first kappa shape index (κ1) is 16.1. The monoisotopic (exact) mass is 402 g/mol. The largest absolute Gasteiger partial charge is 0.336 e. The first-order valence-corrected chi connectivity index (χ1v) is 9.30. The van der Waals surface area contributed by atoms with Crippen molar-refractivity contribution in [2.24, 2.45) is 0 Å². The zero-order chi connectivity index (χ0) is 15.7. The maximum Gasteiger partial charge on any atom is 0.159 e. The molecule has 0 spiro atoms. The number of para-hydroxylation sites is 2. The van der Waals surface area contributed by atoms with Gasteiger partial charge in [-0.15, -0.1) is 22.7 Å². The molecule has 0 saturated carbocycles. The Kier molecular flexibility index (Phi) is 4.97. The summed E-state index contributed by atoms with van der Waals surface area (Å²) in [6, 6.07) is 11.5. The molecule has 112 valence electrons. The lowest BCUT2D eigenvalue weighted by molar-refractivity contribution is 1.47. The molecule has 0 aliphatic heterocycles. The van der Waals surface area contributed by atoms with Crippen LogP contribution in [0, 0.1) is 7.91 Å². The van der Waals surface area contributed by atoms with Crippen LogP contribution in [0.15, 0.2) is 36.4 Å². The number of H-pyrrole nitrogens is 2. The van der Waals surface area contributed by atoms with Crippen LogP contribution in [0.1, 0.15) is 0 Å². The zero-order valence-corrected chi connectivity index (χ0v) is 15.6. The minimum atomic E-state index is 0.731. The summed E-state index contributed by atoms with van der Waals surface area (Å²) in [6.07, 6.45) is 0. The molecule has 2 aromatic heterocycles. The maximum absolute atomic E-state index is 5.90. The highest BCUT2D eigenvalue weighted by Gasteiger charge is 2.00. The molecule has 4 aromatic rings. The molecule has 0 fully saturated rings. The zero-order valence-electron chi connectivity index (χ0n) is 10.9. The Hall–Kier alpha value is -0.760. The van der Waals surface area contributed by atoms with Crippen LogP contribution < -0.4 is 0 Å². The molecule has 2 N–H and O–H groups in total. The van der Waals surface area contributed by atoms with E-state index in [1.165, 1.54) is 0 Å². The Morgan fingerprint density at radius 1 is 0.727 bits per heavy atom. The summed E-state index contributed by atoms with van der Waals surface area (Å²) in [7, 11) is 0. The summed E-state index contributed by atoms with van der Waals surface area (Å²) in [6.45, 7) is 0. The maximum atomic E-state index is 5.90. The van der Waals surface area contributed by atoms with E-state index < -0.39 is 0 Å². The highest BCUT2D eigenvalue weighted by Crippen LogP contribution is 2.26. The fourth-order valence-electron chi connectivity index (χ4n) is 1.88. The second kappa shape index (κ2) is 6.78. The predicted molar refractivity (Wildman–Crippen MR) is 104 cm³/mol. The van der Waals surface area contributed by atoms with Gasteiger partial charge in [0.25, 0.3) is 0 Å². The topological polar surface area (TPSA) is 31.6 Å². The molecule has 4 rings (SSSR count). The van der Waals surface area contributed by atoms with Crippen molar-refractivity contribution in [2.75, 3.05) is 0 Å². The van der Waals surface area contributed by atoms with Crippen molar-refractivity contribution < 1.29 is 0 Å². The number of rotatable bonds is 0. The fraction of sp³-hybridized carbons (Fsp3) is 0. The van der Waals surface area contributed by atoms with E-state index in [1.54, 1.807) is 22.7 Å². The second-order valence-electron chi connectivity index (χ2n) is 4.25. The smallest absolute Gasteiger partial charge is 0.159 e. The van der Waals surface area contributed by atoms with Crippen LogP contribution in [0.25, 0.3) is 20.4 Å². The lowest BCUT2D eigenvalue weighted by Crippen LogP contribution is -1.67. The third-order valence-electron chi connectivity index (χ3n) is 2.81. The number of aromatic nitrogens is 2. The van der Waals surface area contributed by atoms with Crippen molar-refractivity contribution in [3.8, 4) is 0 Å². The molecular formula is C14H8Cl2N2S4. The third kappa shape index (κ3) is 3.42. The van der Waals surface area contributed by atoms with Gasteiger partial charge in [-0.05, 0) is 48.7 Å². The summed E-state index contributed by atoms with van der Waals surface area (Å²) < 4.78 is 3.77. The molecule has 2 nitrogen and oxygen atoms in total. The van der Waals surface area contributed by atoms with Gasteiger partial charge in [0.05, 0.1) is 30.5 Å². The fourth-order valence-corrected chi connectivity index (χ4v) is 4.70. The van der Waals surface area contributed by atoms with Crippen LogP contribution in [-0.2, 0) is 0 Å². The van der Waals surface area contributed by atoms with Crippen molar-refractivity contribution in [3.63, 3.8) is 0 Å². The van der Waals surface area contributed by atoms with Gasteiger partial charge in [0.2, 0.25) is 0 Å². The molecule has 0 aliphatic rings. The molecule has 0 aliphatic carbocycles. The highest BCUT2D eigenvalue weighted by atomic mass is 35.5. The average Bonchev–Trinajstić information content (AvgIpc) is 3.03. The van der Waals surface area contributed by atoms with Gasteiger partial charge in [-0.1, -0.05) is 35.3 Å². The van der Waals surface area contributed by atoms with Gasteiger partial charge in [0.1, 0.15) is 0 Å². The van der Waals surface area contributed by atoms with E-state index in [0.29, 0.717) is 0 Å². The Morgan fingerprint density at radius 2 is 1.14 bits per heavy atom. The van der Waals surface area contributed by atoms with Crippen molar-refractivity contribution in [2.45, 2.75) is 0 Å². The summed E-state index contributed by atoms with van der Waals surface area (Å²) in [4.78, 5) is 6.06. The number of hydrogen-bond acceptors (Lipinski definition) is 4. The Balaban J connectivity index is 0.000000131. The number of nitrogens with one attached hydrogen (secondary N) is 2. The van der Waals surface area contributed by atoms with Crippen molar-refractivity contribution in [1.29, 1.82) is 0 Å². The number of thiazole rings is 2. The number of aromatic amines is 2. The predicted octanol–water partition coefficient (Wildman–Crippen LogP) is 7.22. The van der Waals surface area contributed by atoms with E-state index in [1.807, 2.05) is 36.4 Å². The molecule has 0 bridgehead atoms. The van der Waals surface area contributed by atoms with Gasteiger partial charge >= 0.3 is 0 Å². The highest BCUT2D eigenvalue weighted by molar-refractivity contribution is 7.74. The van der Waals surface area contributed by atoms with Crippen molar-refractivity contribution >= 4 is 90.7 Å². The van der Waals surface area contributed by atoms with E-state index >= 15 is 0 Å². The summed E-state index contributed by atoms with van der Waals surface area (Å²) in [5, 5.41) is 1.46. The molecule has 8 heteroatoms. The van der Waals surface area contributed by atoms with Crippen LogP contribution in [-0.4, -0.2) is 9.97 Å². The molecule has 0 amide bonds. The minimum absolute atomic E-state index is 0.731.